The first-order valence-corrected chi connectivity index (χ1v) is 6.22. The van der Waals surface area contributed by atoms with Crippen LogP contribution in [-0.4, -0.2) is 42.7 Å². The summed E-state index contributed by atoms with van der Waals surface area (Å²) in [6, 6.07) is 6.14. The molecule has 0 fully saturated rings. The summed E-state index contributed by atoms with van der Waals surface area (Å²) in [5, 5.41) is 20.3. The Balaban J connectivity index is 2.79. The summed E-state index contributed by atoms with van der Waals surface area (Å²) in [5.41, 5.74) is 0.828. The first-order valence-electron chi connectivity index (χ1n) is 6.22. The fourth-order valence-electron chi connectivity index (χ4n) is 1.65. The van der Waals surface area contributed by atoms with Crippen molar-refractivity contribution in [3.63, 3.8) is 0 Å². The zero-order valence-corrected chi connectivity index (χ0v) is 12.1. The second-order valence-corrected chi connectivity index (χ2v) is 4.58. The maximum atomic E-state index is 12.0. The average molecular weight is 291 g/mol. The van der Waals surface area contributed by atoms with Crippen molar-refractivity contribution in [1.82, 2.24) is 4.90 Å². The number of hydrogen-bond donors (Lipinski definition) is 2. The number of ether oxygens (including phenoxy) is 1. The molecule has 1 rings (SSSR count). The molecule has 1 atom stereocenters. The molecule has 0 radical (unpaired) electrons. The molecule has 1 aromatic rings. The van der Waals surface area contributed by atoms with E-state index in [0.29, 0.717) is 17.0 Å². The number of amides is 2. The van der Waals surface area contributed by atoms with Crippen molar-refractivity contribution in [2.45, 2.75) is 6.92 Å². The van der Waals surface area contributed by atoms with Crippen molar-refractivity contribution < 1.29 is 19.4 Å². The summed E-state index contributed by atoms with van der Waals surface area (Å²) in [5.74, 6) is -1.27. The zero-order valence-electron chi connectivity index (χ0n) is 12.1. The quantitative estimate of drug-likeness (QED) is 0.860. The highest BCUT2D eigenvalue weighted by Gasteiger charge is 2.18. The molecule has 0 spiro atoms. The first-order chi connectivity index (χ1) is 9.88. The van der Waals surface area contributed by atoms with Crippen LogP contribution in [0.25, 0.3) is 0 Å². The van der Waals surface area contributed by atoms with Crippen molar-refractivity contribution in [2.24, 2.45) is 5.92 Å². The van der Waals surface area contributed by atoms with E-state index in [1.165, 1.54) is 32.0 Å². The summed E-state index contributed by atoms with van der Waals surface area (Å²) in [6.07, 6.45) is 0. The Morgan fingerprint density at radius 2 is 2.19 bits per heavy atom. The van der Waals surface area contributed by atoms with Crippen molar-refractivity contribution in [3.05, 3.63) is 23.8 Å². The third-order valence-corrected chi connectivity index (χ3v) is 2.89. The number of methoxy groups -OCH3 is 1. The maximum Gasteiger partial charge on any atom is 0.321 e. The number of hydrogen-bond acceptors (Lipinski definition) is 4. The second kappa shape index (κ2) is 7.14. The van der Waals surface area contributed by atoms with E-state index in [2.05, 4.69) is 5.32 Å². The van der Waals surface area contributed by atoms with Gasteiger partial charge < -0.3 is 20.1 Å². The van der Waals surface area contributed by atoms with Gasteiger partial charge in [0.05, 0.1) is 30.3 Å². The van der Waals surface area contributed by atoms with Gasteiger partial charge in [-0.05, 0) is 12.1 Å². The van der Waals surface area contributed by atoms with E-state index in [0.717, 1.165) is 0 Å². The number of nitrogens with one attached hydrogen (secondary N) is 1. The third-order valence-electron chi connectivity index (χ3n) is 2.89. The van der Waals surface area contributed by atoms with Crippen LogP contribution in [0.2, 0.25) is 0 Å². The van der Waals surface area contributed by atoms with Gasteiger partial charge in [0, 0.05) is 19.7 Å². The Kier molecular flexibility index (Phi) is 5.55. The number of aliphatic carboxylic acids is 1. The van der Waals surface area contributed by atoms with Gasteiger partial charge in [-0.25, -0.2) is 4.79 Å². The minimum absolute atomic E-state index is 0.0831. The fraction of sp³-hybridized carbons (Fsp3) is 0.357. The molecule has 0 heterocycles. The topological polar surface area (TPSA) is 103 Å². The highest BCUT2D eigenvalue weighted by molar-refractivity contribution is 5.91. The number of carboxylic acids is 1. The average Bonchev–Trinajstić information content (AvgIpc) is 2.47. The molecule has 0 saturated heterocycles. The van der Waals surface area contributed by atoms with Gasteiger partial charge in [-0.1, -0.05) is 6.92 Å². The SMILES string of the molecule is COc1cc(C#N)ccc1NC(=O)N(C)CC(C)C(=O)O. The number of anilines is 1. The number of carboxylic acid groups (broad SMARTS) is 1. The molecule has 0 aromatic heterocycles. The summed E-state index contributed by atoms with van der Waals surface area (Å²) in [4.78, 5) is 24.0. The molecule has 21 heavy (non-hydrogen) atoms. The molecule has 0 saturated carbocycles. The van der Waals surface area contributed by atoms with Gasteiger partial charge in [0.1, 0.15) is 5.75 Å². The van der Waals surface area contributed by atoms with Crippen LogP contribution in [0.1, 0.15) is 12.5 Å². The summed E-state index contributed by atoms with van der Waals surface area (Å²) >= 11 is 0. The molecule has 0 aliphatic rings. The van der Waals surface area contributed by atoms with E-state index in [1.54, 1.807) is 12.1 Å². The van der Waals surface area contributed by atoms with Gasteiger partial charge in [0.15, 0.2) is 0 Å². The molecule has 1 unspecified atom stereocenters. The fourth-order valence-corrected chi connectivity index (χ4v) is 1.65. The lowest BCUT2D eigenvalue weighted by molar-refractivity contribution is -0.141. The molecule has 2 N–H and O–H groups in total. The lowest BCUT2D eigenvalue weighted by atomic mass is 10.2. The molecule has 112 valence electrons. The van der Waals surface area contributed by atoms with E-state index < -0.39 is 17.9 Å². The molecule has 0 bridgehead atoms. The van der Waals surface area contributed by atoms with Crippen molar-refractivity contribution in [1.29, 1.82) is 5.26 Å². The molecule has 0 aliphatic carbocycles. The van der Waals surface area contributed by atoms with E-state index in [9.17, 15) is 9.59 Å². The largest absolute Gasteiger partial charge is 0.495 e. The van der Waals surface area contributed by atoms with Crippen LogP contribution in [0.15, 0.2) is 18.2 Å². The number of nitriles is 1. The van der Waals surface area contributed by atoms with Crippen LogP contribution in [0.3, 0.4) is 0 Å². The summed E-state index contributed by atoms with van der Waals surface area (Å²) < 4.78 is 5.11. The first kappa shape index (κ1) is 16.3. The van der Waals surface area contributed by atoms with Gasteiger partial charge in [0.25, 0.3) is 0 Å². The Hall–Kier alpha value is -2.75. The molecular weight excluding hydrogens is 274 g/mol. The predicted octanol–water partition coefficient (Wildman–Crippen LogP) is 1.75. The molecule has 1 aromatic carbocycles. The van der Waals surface area contributed by atoms with Crippen molar-refractivity contribution in [2.75, 3.05) is 26.0 Å². The van der Waals surface area contributed by atoms with Crippen molar-refractivity contribution in [3.8, 4) is 11.8 Å². The summed E-state index contributed by atoms with van der Waals surface area (Å²) in [7, 11) is 2.94. The number of nitrogens with zero attached hydrogens (tertiary/aromatic N) is 2. The lowest BCUT2D eigenvalue weighted by Gasteiger charge is -2.20. The minimum Gasteiger partial charge on any atom is -0.495 e. The molecular formula is C14H17N3O4. The van der Waals surface area contributed by atoms with E-state index in [-0.39, 0.29) is 6.54 Å². The van der Waals surface area contributed by atoms with E-state index in [1.807, 2.05) is 6.07 Å². The summed E-state index contributed by atoms with van der Waals surface area (Å²) in [6.45, 7) is 1.61. The smallest absolute Gasteiger partial charge is 0.321 e. The van der Waals surface area contributed by atoms with E-state index in [4.69, 9.17) is 15.1 Å². The van der Waals surface area contributed by atoms with Crippen LogP contribution >= 0.6 is 0 Å². The molecule has 7 nitrogen and oxygen atoms in total. The number of benzene rings is 1. The zero-order chi connectivity index (χ0) is 16.0. The van der Waals surface area contributed by atoms with E-state index >= 15 is 0 Å². The van der Waals surface area contributed by atoms with Crippen molar-refractivity contribution >= 4 is 17.7 Å². The van der Waals surface area contributed by atoms with Gasteiger partial charge in [0.2, 0.25) is 0 Å². The third kappa shape index (κ3) is 4.38. The lowest BCUT2D eigenvalue weighted by Crippen LogP contribution is -2.36. The van der Waals surface area contributed by atoms with Gasteiger partial charge in [-0.3, -0.25) is 4.79 Å². The van der Waals surface area contributed by atoms with Crippen LogP contribution in [0.4, 0.5) is 10.5 Å². The Bertz CT molecular complexity index is 580. The van der Waals surface area contributed by atoms with Gasteiger partial charge >= 0.3 is 12.0 Å². The minimum atomic E-state index is -0.967. The molecule has 2 amide bonds. The highest BCUT2D eigenvalue weighted by Crippen LogP contribution is 2.25. The second-order valence-electron chi connectivity index (χ2n) is 4.58. The number of urea groups is 1. The predicted molar refractivity (Wildman–Crippen MR) is 76.2 cm³/mol. The highest BCUT2D eigenvalue weighted by atomic mass is 16.5. The maximum absolute atomic E-state index is 12.0. The molecule has 0 aliphatic heterocycles. The van der Waals surface area contributed by atoms with Crippen LogP contribution < -0.4 is 10.1 Å². The Labute approximate surface area is 122 Å². The number of rotatable bonds is 5. The Morgan fingerprint density at radius 3 is 2.71 bits per heavy atom. The molecule has 7 heteroatoms. The Morgan fingerprint density at radius 1 is 1.52 bits per heavy atom. The van der Waals surface area contributed by atoms with Gasteiger partial charge in [-0.2, -0.15) is 5.26 Å². The van der Waals surface area contributed by atoms with Crippen LogP contribution in [0, 0.1) is 17.2 Å². The number of carbonyl (C=O) groups is 2. The van der Waals surface area contributed by atoms with Crippen LogP contribution in [0.5, 0.6) is 5.75 Å². The number of carbonyl (C=O) groups excluding carboxylic acids is 1. The monoisotopic (exact) mass is 291 g/mol. The standard InChI is InChI=1S/C14H17N3O4/c1-9(13(18)19)8-17(2)14(20)16-11-5-4-10(7-15)6-12(11)21-3/h4-6,9H,8H2,1-3H3,(H,16,20)(H,18,19). The van der Waals surface area contributed by atoms with Crippen LogP contribution in [-0.2, 0) is 4.79 Å². The van der Waals surface area contributed by atoms with Gasteiger partial charge in [-0.15, -0.1) is 0 Å². The normalized spacial score (nSPS) is 11.1.